The van der Waals surface area contributed by atoms with Crippen molar-refractivity contribution in [3.8, 4) is 5.75 Å². The average Bonchev–Trinajstić information content (AvgIpc) is 3.08. The molecule has 0 aliphatic heterocycles. The van der Waals surface area contributed by atoms with Gasteiger partial charge in [-0.25, -0.2) is 0 Å². The van der Waals surface area contributed by atoms with Crippen LogP contribution >= 0.6 is 0 Å². The first-order valence-electron chi connectivity index (χ1n) is 8.08. The Morgan fingerprint density at radius 1 is 1.14 bits per heavy atom. The summed E-state index contributed by atoms with van der Waals surface area (Å²) < 4.78 is 5.98. The van der Waals surface area contributed by atoms with Crippen LogP contribution in [0.4, 0.5) is 0 Å². The van der Waals surface area contributed by atoms with Gasteiger partial charge in [0.2, 0.25) is 0 Å². The fraction of sp³-hybridized carbons (Fsp3) is 0.421. The van der Waals surface area contributed by atoms with Gasteiger partial charge in [-0.2, -0.15) is 0 Å². The van der Waals surface area contributed by atoms with Crippen LogP contribution in [0.3, 0.4) is 0 Å². The minimum atomic E-state index is -0.462. The third-order valence-electron chi connectivity index (χ3n) is 4.62. The van der Waals surface area contributed by atoms with Crippen molar-refractivity contribution < 1.29 is 9.53 Å². The maximum Gasteiger partial charge on any atom is 0.263 e. The highest BCUT2D eigenvalue weighted by Crippen LogP contribution is 2.27. The summed E-state index contributed by atoms with van der Waals surface area (Å²) in [4.78, 5) is 14.4. The largest absolute Gasteiger partial charge is 0.480 e. The second kappa shape index (κ2) is 6.39. The highest BCUT2D eigenvalue weighted by molar-refractivity contribution is 5.89. The van der Waals surface area contributed by atoms with E-state index < -0.39 is 6.10 Å². The van der Waals surface area contributed by atoms with Gasteiger partial charge >= 0.3 is 0 Å². The first kappa shape index (κ1) is 14.9. The van der Waals surface area contributed by atoms with Crippen LogP contribution in [0.25, 0.3) is 10.8 Å². The molecule has 0 N–H and O–H groups in total. The molecule has 1 atom stereocenters. The number of hydrogen-bond donors (Lipinski definition) is 0. The van der Waals surface area contributed by atoms with Crippen molar-refractivity contribution in [3.05, 3.63) is 42.5 Å². The molecule has 1 aliphatic rings. The van der Waals surface area contributed by atoms with Crippen molar-refractivity contribution in [2.24, 2.45) is 0 Å². The van der Waals surface area contributed by atoms with Crippen LogP contribution in [0, 0.1) is 0 Å². The zero-order chi connectivity index (χ0) is 15.5. The normalized spacial score (nSPS) is 16.6. The molecule has 0 spiro atoms. The van der Waals surface area contributed by atoms with E-state index in [0.29, 0.717) is 6.04 Å². The molecule has 0 bridgehead atoms. The fourth-order valence-electron chi connectivity index (χ4n) is 3.30. The first-order valence-corrected chi connectivity index (χ1v) is 8.08. The van der Waals surface area contributed by atoms with Gasteiger partial charge in [-0.1, -0.05) is 49.2 Å². The molecule has 0 unspecified atom stereocenters. The van der Waals surface area contributed by atoms with Gasteiger partial charge in [-0.15, -0.1) is 0 Å². The van der Waals surface area contributed by atoms with Gasteiger partial charge in [-0.05, 0) is 31.2 Å². The third-order valence-corrected chi connectivity index (χ3v) is 4.62. The summed E-state index contributed by atoms with van der Waals surface area (Å²) in [7, 11) is 1.90. The van der Waals surface area contributed by atoms with E-state index in [-0.39, 0.29) is 5.91 Å². The molecule has 1 fully saturated rings. The lowest BCUT2D eigenvalue weighted by atomic mass is 10.1. The molecule has 0 radical (unpaired) electrons. The fourth-order valence-corrected chi connectivity index (χ4v) is 3.30. The van der Waals surface area contributed by atoms with Crippen LogP contribution in [0.15, 0.2) is 42.5 Å². The summed E-state index contributed by atoms with van der Waals surface area (Å²) in [5.74, 6) is 0.846. The van der Waals surface area contributed by atoms with Gasteiger partial charge < -0.3 is 9.64 Å². The van der Waals surface area contributed by atoms with Gasteiger partial charge in [0.1, 0.15) is 5.75 Å². The van der Waals surface area contributed by atoms with Gasteiger partial charge in [0.05, 0.1) is 0 Å². The lowest BCUT2D eigenvalue weighted by Gasteiger charge is -2.27. The summed E-state index contributed by atoms with van der Waals surface area (Å²) in [6.07, 6.45) is 4.21. The smallest absolute Gasteiger partial charge is 0.263 e. The standard InChI is InChI=1S/C19H23NO2/c1-14(19(21)20(2)16-10-4-5-11-16)22-18-13-7-9-15-8-3-6-12-17(15)18/h3,6-9,12-14,16H,4-5,10-11H2,1-2H3/t14-/m1/s1. The molecule has 2 aromatic rings. The number of nitrogens with zero attached hydrogens (tertiary/aromatic N) is 1. The molecule has 3 rings (SSSR count). The number of carbonyl (C=O) groups is 1. The molecule has 1 amide bonds. The van der Waals surface area contributed by atoms with Gasteiger partial charge in [-0.3, -0.25) is 4.79 Å². The van der Waals surface area contributed by atoms with Crippen molar-refractivity contribution in [1.82, 2.24) is 4.90 Å². The molecule has 3 heteroatoms. The van der Waals surface area contributed by atoms with Crippen LogP contribution in [-0.2, 0) is 4.79 Å². The van der Waals surface area contributed by atoms with Crippen molar-refractivity contribution in [2.75, 3.05) is 7.05 Å². The Hall–Kier alpha value is -2.03. The zero-order valence-corrected chi connectivity index (χ0v) is 13.3. The third kappa shape index (κ3) is 2.94. The number of hydrogen-bond acceptors (Lipinski definition) is 2. The van der Waals surface area contributed by atoms with Crippen LogP contribution in [0.1, 0.15) is 32.6 Å². The van der Waals surface area contributed by atoms with E-state index in [4.69, 9.17) is 4.74 Å². The maximum absolute atomic E-state index is 12.6. The zero-order valence-electron chi connectivity index (χ0n) is 13.3. The Morgan fingerprint density at radius 2 is 1.82 bits per heavy atom. The highest BCUT2D eigenvalue weighted by Gasteiger charge is 2.27. The number of likely N-dealkylation sites (N-methyl/N-ethyl adjacent to an activating group) is 1. The molecule has 116 valence electrons. The van der Waals surface area contributed by atoms with Crippen LogP contribution in [0.5, 0.6) is 5.75 Å². The molecule has 0 heterocycles. The van der Waals surface area contributed by atoms with Gasteiger partial charge in [0, 0.05) is 18.5 Å². The quantitative estimate of drug-likeness (QED) is 0.853. The molecule has 22 heavy (non-hydrogen) atoms. The lowest BCUT2D eigenvalue weighted by Crippen LogP contribution is -2.42. The second-order valence-electron chi connectivity index (χ2n) is 6.12. The Kier molecular flexibility index (Phi) is 4.32. The molecular weight excluding hydrogens is 274 g/mol. The number of benzene rings is 2. The molecule has 2 aromatic carbocycles. The summed E-state index contributed by atoms with van der Waals surface area (Å²) in [5.41, 5.74) is 0. The van der Waals surface area contributed by atoms with Gasteiger partial charge in [0.25, 0.3) is 5.91 Å². The number of rotatable bonds is 4. The summed E-state index contributed by atoms with van der Waals surface area (Å²) in [5, 5.41) is 2.18. The predicted molar refractivity (Wildman–Crippen MR) is 89.1 cm³/mol. The number of fused-ring (bicyclic) bond motifs is 1. The molecule has 1 saturated carbocycles. The topological polar surface area (TPSA) is 29.5 Å². The van der Waals surface area contributed by atoms with E-state index in [2.05, 4.69) is 12.1 Å². The van der Waals surface area contributed by atoms with Crippen LogP contribution in [0.2, 0.25) is 0 Å². The summed E-state index contributed by atoms with van der Waals surface area (Å²) in [6.45, 7) is 1.84. The van der Waals surface area contributed by atoms with E-state index in [1.807, 2.05) is 49.2 Å². The summed E-state index contributed by atoms with van der Waals surface area (Å²) >= 11 is 0. The van der Waals surface area contributed by atoms with E-state index in [1.165, 1.54) is 12.8 Å². The van der Waals surface area contributed by atoms with Crippen molar-refractivity contribution in [3.63, 3.8) is 0 Å². The van der Waals surface area contributed by atoms with E-state index in [1.54, 1.807) is 0 Å². The molecule has 1 aliphatic carbocycles. The Labute approximate surface area is 131 Å². The highest BCUT2D eigenvalue weighted by atomic mass is 16.5. The molecule has 0 saturated heterocycles. The van der Waals surface area contributed by atoms with Crippen LogP contribution < -0.4 is 4.74 Å². The molecule has 0 aromatic heterocycles. The molecular formula is C19H23NO2. The predicted octanol–water partition coefficient (Wildman–Crippen LogP) is 4.01. The Balaban J connectivity index is 1.75. The molecule has 3 nitrogen and oxygen atoms in total. The number of ether oxygens (including phenoxy) is 1. The van der Waals surface area contributed by atoms with E-state index in [9.17, 15) is 4.79 Å². The second-order valence-corrected chi connectivity index (χ2v) is 6.12. The van der Waals surface area contributed by atoms with E-state index in [0.717, 1.165) is 29.4 Å². The summed E-state index contributed by atoms with van der Waals surface area (Å²) in [6, 6.07) is 14.4. The van der Waals surface area contributed by atoms with Crippen molar-refractivity contribution >= 4 is 16.7 Å². The van der Waals surface area contributed by atoms with E-state index >= 15 is 0 Å². The number of carbonyl (C=O) groups excluding carboxylic acids is 1. The minimum Gasteiger partial charge on any atom is -0.480 e. The number of amides is 1. The first-order chi connectivity index (χ1) is 10.7. The maximum atomic E-state index is 12.6. The Morgan fingerprint density at radius 3 is 2.59 bits per heavy atom. The average molecular weight is 297 g/mol. The van der Waals surface area contributed by atoms with Crippen molar-refractivity contribution in [2.45, 2.75) is 44.8 Å². The Bertz CT molecular complexity index is 656. The SMILES string of the molecule is C[C@@H](Oc1cccc2ccccc12)C(=O)N(C)C1CCCC1. The lowest BCUT2D eigenvalue weighted by molar-refractivity contribution is -0.138. The monoisotopic (exact) mass is 297 g/mol. The van der Waals surface area contributed by atoms with Gasteiger partial charge in [0.15, 0.2) is 6.10 Å². The van der Waals surface area contributed by atoms with Crippen molar-refractivity contribution in [1.29, 1.82) is 0 Å². The minimum absolute atomic E-state index is 0.0693. The van der Waals surface area contributed by atoms with Crippen LogP contribution in [-0.4, -0.2) is 30.0 Å².